The van der Waals surface area contributed by atoms with Gasteiger partial charge in [0.2, 0.25) is 11.8 Å². The fourth-order valence-electron chi connectivity index (χ4n) is 3.54. The van der Waals surface area contributed by atoms with Crippen LogP contribution in [0.1, 0.15) is 89.2 Å². The van der Waals surface area contributed by atoms with Crippen LogP contribution in [0.5, 0.6) is 0 Å². The predicted octanol–water partition coefficient (Wildman–Crippen LogP) is 5.61. The minimum Gasteiger partial charge on any atom is -0.331 e. The topological polar surface area (TPSA) is 106 Å². The lowest BCUT2D eigenvalue weighted by Crippen LogP contribution is -2.44. The van der Waals surface area contributed by atoms with E-state index in [0.29, 0.717) is 34.9 Å². The molecule has 0 spiro atoms. The van der Waals surface area contributed by atoms with Crippen LogP contribution >= 0.6 is 24.4 Å². The average Bonchev–Trinajstić information content (AvgIpc) is 2.93. The molecule has 206 valence electrons. The van der Waals surface area contributed by atoms with E-state index in [9.17, 15) is 9.59 Å². The average molecular weight is 557 g/mol. The number of hydrogen-bond donors (Lipinski definition) is 6. The van der Waals surface area contributed by atoms with Gasteiger partial charge in [0, 0.05) is 24.2 Å². The maximum absolute atomic E-state index is 12.1. The Bertz CT molecular complexity index is 975. The molecule has 0 saturated heterocycles. The molecule has 0 fully saturated rings. The number of thiocarbonyl (C=S) groups is 2. The predicted molar refractivity (Wildman–Crippen MR) is 164 cm³/mol. The molecule has 0 aliphatic rings. The van der Waals surface area contributed by atoms with Crippen LogP contribution in [0, 0.1) is 0 Å². The molecule has 6 N–H and O–H groups in total. The first-order valence-corrected chi connectivity index (χ1v) is 13.9. The first-order valence-electron chi connectivity index (χ1n) is 13.1. The molecule has 0 radical (unpaired) electrons. The smallest absolute Gasteiger partial charge is 0.238 e. The van der Waals surface area contributed by atoms with Gasteiger partial charge in [0.05, 0.1) is 0 Å². The van der Waals surface area contributed by atoms with Crippen LogP contribution in [0.15, 0.2) is 48.5 Å². The van der Waals surface area contributed by atoms with Gasteiger partial charge >= 0.3 is 0 Å². The molecule has 2 rings (SSSR count). The number of amides is 2. The Hall–Kier alpha value is -3.24. The zero-order valence-electron chi connectivity index (χ0n) is 22.6. The van der Waals surface area contributed by atoms with E-state index in [2.05, 4.69) is 84.3 Å². The molecule has 2 atom stereocenters. The van der Waals surface area contributed by atoms with Gasteiger partial charge in [-0.15, -0.1) is 0 Å². The Kier molecular flexibility index (Phi) is 13.5. The van der Waals surface area contributed by atoms with Gasteiger partial charge in [0.25, 0.3) is 0 Å². The van der Waals surface area contributed by atoms with Crippen molar-refractivity contribution in [1.82, 2.24) is 21.7 Å². The lowest BCUT2D eigenvalue weighted by molar-refractivity contribution is -0.123. The summed E-state index contributed by atoms with van der Waals surface area (Å²) < 4.78 is 0. The molecule has 0 aromatic heterocycles. The number of unbranched alkanes of at least 4 members (excludes halogenated alkanes) is 1. The van der Waals surface area contributed by atoms with Crippen LogP contribution < -0.4 is 32.3 Å². The summed E-state index contributed by atoms with van der Waals surface area (Å²) in [5, 5.41) is 6.69. The van der Waals surface area contributed by atoms with Crippen molar-refractivity contribution in [3.05, 3.63) is 59.7 Å². The summed E-state index contributed by atoms with van der Waals surface area (Å²) in [6.45, 7) is 8.70. The van der Waals surface area contributed by atoms with Crippen molar-refractivity contribution in [2.75, 3.05) is 10.6 Å². The highest BCUT2D eigenvalue weighted by Gasteiger charge is 2.07. The van der Waals surface area contributed by atoms with Crippen molar-refractivity contribution in [3.63, 3.8) is 0 Å². The van der Waals surface area contributed by atoms with E-state index in [-0.39, 0.29) is 24.7 Å². The molecule has 0 bridgehead atoms. The number of hydrazine groups is 2. The highest BCUT2D eigenvalue weighted by Crippen LogP contribution is 2.21. The lowest BCUT2D eigenvalue weighted by Gasteiger charge is -2.14. The fraction of sp³-hybridized carbons (Fsp3) is 0.429. The molecule has 0 saturated carbocycles. The Labute approximate surface area is 237 Å². The zero-order valence-corrected chi connectivity index (χ0v) is 24.3. The summed E-state index contributed by atoms with van der Waals surface area (Å²) >= 11 is 10.5. The molecule has 0 heterocycles. The SMILES string of the molecule is CC[C@@H](C)c1ccc(NC(=S)NNC(=O)CCCCC(=O)NNC(=S)Nc2ccc([C@@H](C)CC)cc2)cc1. The van der Waals surface area contributed by atoms with E-state index < -0.39 is 0 Å². The van der Waals surface area contributed by atoms with E-state index in [1.807, 2.05) is 24.3 Å². The maximum Gasteiger partial charge on any atom is 0.238 e. The van der Waals surface area contributed by atoms with Crippen molar-refractivity contribution in [1.29, 1.82) is 0 Å². The van der Waals surface area contributed by atoms with Gasteiger partial charge in [0.1, 0.15) is 0 Å². The minimum atomic E-state index is -0.204. The number of benzene rings is 2. The van der Waals surface area contributed by atoms with Crippen molar-refractivity contribution in [2.24, 2.45) is 0 Å². The van der Waals surface area contributed by atoms with Gasteiger partial charge in [-0.05, 0) is 97.3 Å². The quantitative estimate of drug-likeness (QED) is 0.121. The van der Waals surface area contributed by atoms with Crippen LogP contribution in [0.4, 0.5) is 11.4 Å². The lowest BCUT2D eigenvalue weighted by atomic mass is 9.99. The normalized spacial score (nSPS) is 12.0. The zero-order chi connectivity index (χ0) is 27.9. The van der Waals surface area contributed by atoms with E-state index in [1.54, 1.807) is 0 Å². The summed E-state index contributed by atoms with van der Waals surface area (Å²) in [7, 11) is 0. The number of carbonyl (C=O) groups is 2. The third-order valence-corrected chi connectivity index (χ3v) is 6.80. The maximum atomic E-state index is 12.1. The molecule has 8 nitrogen and oxygen atoms in total. The molecule has 2 aromatic rings. The van der Waals surface area contributed by atoms with E-state index in [0.717, 1.165) is 24.2 Å². The summed E-state index contributed by atoms with van der Waals surface area (Å²) in [4.78, 5) is 24.1. The first-order chi connectivity index (χ1) is 18.2. The first kappa shape index (κ1) is 31.0. The summed E-state index contributed by atoms with van der Waals surface area (Å²) in [5.74, 6) is 0.607. The minimum absolute atomic E-state index is 0.204. The van der Waals surface area contributed by atoms with Gasteiger partial charge in [-0.3, -0.25) is 31.3 Å². The Morgan fingerprint density at radius 1 is 0.632 bits per heavy atom. The second-order valence-electron chi connectivity index (χ2n) is 9.32. The van der Waals surface area contributed by atoms with Gasteiger partial charge in [0.15, 0.2) is 10.2 Å². The van der Waals surface area contributed by atoms with Crippen molar-refractivity contribution < 1.29 is 9.59 Å². The molecule has 38 heavy (non-hydrogen) atoms. The number of nitrogens with one attached hydrogen (secondary N) is 6. The summed E-state index contributed by atoms with van der Waals surface area (Å²) in [5.41, 5.74) is 14.8. The van der Waals surface area contributed by atoms with E-state index in [4.69, 9.17) is 24.4 Å². The monoisotopic (exact) mass is 556 g/mol. The van der Waals surface area contributed by atoms with Gasteiger partial charge < -0.3 is 10.6 Å². The van der Waals surface area contributed by atoms with Crippen LogP contribution in [-0.4, -0.2) is 22.0 Å². The number of carbonyl (C=O) groups excluding carboxylic acids is 2. The van der Waals surface area contributed by atoms with E-state index in [1.165, 1.54) is 11.1 Å². The molecule has 2 aromatic carbocycles. The number of hydrogen-bond acceptors (Lipinski definition) is 4. The molecule has 0 aliphatic carbocycles. The summed E-state index contributed by atoms with van der Waals surface area (Å²) in [6.07, 6.45) is 3.83. The molecular formula is C28H40N6O2S2. The Balaban J connectivity index is 1.56. The van der Waals surface area contributed by atoms with Crippen molar-refractivity contribution in [2.45, 2.75) is 78.1 Å². The largest absolute Gasteiger partial charge is 0.331 e. The number of anilines is 2. The van der Waals surface area contributed by atoms with Crippen molar-refractivity contribution >= 4 is 57.8 Å². The van der Waals surface area contributed by atoms with Crippen LogP contribution in [0.3, 0.4) is 0 Å². The van der Waals surface area contributed by atoms with Gasteiger partial charge in [-0.2, -0.15) is 0 Å². The molecule has 10 heteroatoms. The van der Waals surface area contributed by atoms with Crippen LogP contribution in [0.2, 0.25) is 0 Å². The second kappa shape index (κ2) is 16.6. The van der Waals surface area contributed by atoms with Gasteiger partial charge in [-0.25, -0.2) is 0 Å². The standard InChI is InChI=1S/C28H40N6O2S2/c1-5-19(3)21-11-15-23(16-12-21)29-27(37)33-31-25(35)9-7-8-10-26(36)32-34-28(38)30-24-17-13-22(14-18-24)20(4)6-2/h11-20H,5-10H2,1-4H3,(H,31,35)(H,32,36)(H2,29,33,37)(H2,30,34,38)/t19-,20+. The summed E-state index contributed by atoms with van der Waals surface area (Å²) in [6, 6.07) is 16.1. The van der Waals surface area contributed by atoms with Crippen LogP contribution in [0.25, 0.3) is 0 Å². The molecule has 0 aliphatic heterocycles. The van der Waals surface area contributed by atoms with Crippen LogP contribution in [-0.2, 0) is 9.59 Å². The molecule has 0 unspecified atom stereocenters. The van der Waals surface area contributed by atoms with E-state index >= 15 is 0 Å². The van der Waals surface area contributed by atoms with Crippen molar-refractivity contribution in [3.8, 4) is 0 Å². The molecular weight excluding hydrogens is 516 g/mol. The van der Waals surface area contributed by atoms with Gasteiger partial charge in [-0.1, -0.05) is 52.0 Å². The molecule has 2 amide bonds. The highest BCUT2D eigenvalue weighted by molar-refractivity contribution is 7.80. The fourth-order valence-corrected chi connectivity index (χ4v) is 3.87. The Morgan fingerprint density at radius 2 is 0.974 bits per heavy atom. The number of rotatable bonds is 11. The highest BCUT2D eigenvalue weighted by atomic mass is 32.1. The Morgan fingerprint density at radius 3 is 1.29 bits per heavy atom. The third kappa shape index (κ3) is 11.4. The second-order valence-corrected chi connectivity index (χ2v) is 10.1. The third-order valence-electron chi connectivity index (χ3n) is 6.39.